The zero-order valence-electron chi connectivity index (χ0n) is 12.4. The van der Waals surface area contributed by atoms with Crippen LogP contribution >= 0.6 is 0 Å². The Bertz CT molecular complexity index is 453. The normalized spacial score (nSPS) is 26.7. The van der Waals surface area contributed by atoms with Crippen molar-refractivity contribution in [3.8, 4) is 0 Å². The van der Waals surface area contributed by atoms with Crippen LogP contribution in [-0.2, 0) is 0 Å². The Morgan fingerprint density at radius 3 is 2.89 bits per heavy atom. The molecule has 1 saturated heterocycles. The van der Waals surface area contributed by atoms with E-state index in [4.69, 9.17) is 0 Å². The monoisotopic (exact) mass is 258 g/mol. The third-order valence-electron chi connectivity index (χ3n) is 4.95. The highest BCUT2D eigenvalue weighted by molar-refractivity contribution is 5.59. The molecule has 0 unspecified atom stereocenters. The standard InChI is InChI=1S/C17H26N2/c1-12(2)13-6-7-17-16(10-13)14(11-18-17)9-15-5-4-8-19(15)3/h6-7,10,12,14-15,18H,4-5,8-9,11H2,1-3H3/t14-,15+/m0/s1. The maximum Gasteiger partial charge on any atom is 0.0376 e. The van der Waals surface area contributed by atoms with E-state index < -0.39 is 0 Å². The van der Waals surface area contributed by atoms with E-state index in [0.717, 1.165) is 12.6 Å². The number of hydrogen-bond acceptors (Lipinski definition) is 2. The average molecular weight is 258 g/mol. The Kier molecular flexibility index (Phi) is 3.53. The fourth-order valence-corrected chi connectivity index (χ4v) is 3.60. The van der Waals surface area contributed by atoms with Crippen LogP contribution in [0.25, 0.3) is 0 Å². The van der Waals surface area contributed by atoms with Gasteiger partial charge in [-0.2, -0.15) is 0 Å². The highest BCUT2D eigenvalue weighted by Gasteiger charge is 2.29. The van der Waals surface area contributed by atoms with Gasteiger partial charge in [0.1, 0.15) is 0 Å². The van der Waals surface area contributed by atoms with E-state index in [1.807, 2.05) is 0 Å². The minimum Gasteiger partial charge on any atom is -0.384 e. The van der Waals surface area contributed by atoms with E-state index in [1.165, 1.54) is 37.1 Å². The maximum atomic E-state index is 3.59. The first-order chi connectivity index (χ1) is 9.15. The molecule has 3 rings (SSSR count). The van der Waals surface area contributed by atoms with Crippen LogP contribution < -0.4 is 5.32 Å². The summed E-state index contributed by atoms with van der Waals surface area (Å²) in [6.07, 6.45) is 4.07. The van der Waals surface area contributed by atoms with Crippen molar-refractivity contribution in [3.63, 3.8) is 0 Å². The van der Waals surface area contributed by atoms with Crippen LogP contribution in [0.2, 0.25) is 0 Å². The number of likely N-dealkylation sites (tertiary alicyclic amines) is 1. The third-order valence-corrected chi connectivity index (χ3v) is 4.95. The second-order valence-corrected chi connectivity index (χ2v) is 6.59. The van der Waals surface area contributed by atoms with Crippen LogP contribution in [-0.4, -0.2) is 31.1 Å². The van der Waals surface area contributed by atoms with E-state index in [-0.39, 0.29) is 0 Å². The molecule has 0 saturated carbocycles. The number of benzene rings is 1. The van der Waals surface area contributed by atoms with Gasteiger partial charge >= 0.3 is 0 Å². The number of nitrogens with zero attached hydrogens (tertiary/aromatic N) is 1. The van der Waals surface area contributed by atoms with Gasteiger partial charge in [-0.15, -0.1) is 0 Å². The van der Waals surface area contributed by atoms with Gasteiger partial charge in [-0.05, 0) is 56.0 Å². The number of rotatable bonds is 3. The molecule has 19 heavy (non-hydrogen) atoms. The number of nitrogens with one attached hydrogen (secondary N) is 1. The van der Waals surface area contributed by atoms with E-state index in [1.54, 1.807) is 5.56 Å². The Labute approximate surface area is 117 Å². The predicted octanol–water partition coefficient (Wildman–Crippen LogP) is 3.80. The molecular weight excluding hydrogens is 232 g/mol. The molecule has 0 bridgehead atoms. The van der Waals surface area contributed by atoms with Crippen molar-refractivity contribution in [2.24, 2.45) is 0 Å². The van der Waals surface area contributed by atoms with Gasteiger partial charge in [-0.25, -0.2) is 0 Å². The Hall–Kier alpha value is -1.02. The SMILES string of the molecule is CC(C)c1ccc2c(c1)[C@@H](C[C@H]1CCCN1C)CN2. The molecular formula is C17H26N2. The van der Waals surface area contributed by atoms with Gasteiger partial charge in [0, 0.05) is 24.2 Å². The minimum atomic E-state index is 0.626. The van der Waals surface area contributed by atoms with Crippen LogP contribution in [0.15, 0.2) is 18.2 Å². The number of anilines is 1. The molecule has 0 spiro atoms. The first kappa shape index (κ1) is 13.0. The Morgan fingerprint density at radius 1 is 1.37 bits per heavy atom. The lowest BCUT2D eigenvalue weighted by atomic mass is 9.90. The van der Waals surface area contributed by atoms with Crippen molar-refractivity contribution in [2.75, 3.05) is 25.5 Å². The zero-order valence-corrected chi connectivity index (χ0v) is 12.4. The first-order valence-corrected chi connectivity index (χ1v) is 7.73. The van der Waals surface area contributed by atoms with Crippen LogP contribution in [0.4, 0.5) is 5.69 Å². The summed E-state index contributed by atoms with van der Waals surface area (Å²) in [4.78, 5) is 2.55. The highest BCUT2D eigenvalue weighted by Crippen LogP contribution is 2.38. The molecule has 0 radical (unpaired) electrons. The van der Waals surface area contributed by atoms with Crippen molar-refractivity contribution in [1.29, 1.82) is 0 Å². The van der Waals surface area contributed by atoms with E-state index >= 15 is 0 Å². The predicted molar refractivity (Wildman–Crippen MR) is 82.0 cm³/mol. The van der Waals surface area contributed by atoms with Crippen LogP contribution in [0.3, 0.4) is 0 Å². The van der Waals surface area contributed by atoms with E-state index in [0.29, 0.717) is 11.8 Å². The minimum absolute atomic E-state index is 0.626. The molecule has 1 N–H and O–H groups in total. The molecule has 2 aliphatic heterocycles. The first-order valence-electron chi connectivity index (χ1n) is 7.73. The van der Waals surface area contributed by atoms with Crippen molar-refractivity contribution < 1.29 is 0 Å². The highest BCUT2D eigenvalue weighted by atomic mass is 15.1. The molecule has 0 amide bonds. The van der Waals surface area contributed by atoms with Gasteiger partial charge in [-0.3, -0.25) is 0 Å². The summed E-state index contributed by atoms with van der Waals surface area (Å²) in [6.45, 7) is 6.97. The molecule has 2 heteroatoms. The molecule has 0 aromatic heterocycles. The molecule has 2 nitrogen and oxygen atoms in total. The lowest BCUT2D eigenvalue weighted by Crippen LogP contribution is -2.27. The van der Waals surface area contributed by atoms with Gasteiger partial charge in [0.05, 0.1) is 0 Å². The topological polar surface area (TPSA) is 15.3 Å². The summed E-state index contributed by atoms with van der Waals surface area (Å²) >= 11 is 0. The van der Waals surface area contributed by atoms with E-state index in [2.05, 4.69) is 49.3 Å². The van der Waals surface area contributed by atoms with Gasteiger partial charge in [-0.1, -0.05) is 26.0 Å². The van der Waals surface area contributed by atoms with Crippen molar-refractivity contribution >= 4 is 5.69 Å². The lowest BCUT2D eigenvalue weighted by molar-refractivity contribution is 0.285. The van der Waals surface area contributed by atoms with Crippen LogP contribution in [0.5, 0.6) is 0 Å². The van der Waals surface area contributed by atoms with Gasteiger partial charge in [0.2, 0.25) is 0 Å². The summed E-state index contributed by atoms with van der Waals surface area (Å²) < 4.78 is 0. The molecule has 1 fully saturated rings. The zero-order chi connectivity index (χ0) is 13.4. The Morgan fingerprint density at radius 2 is 2.21 bits per heavy atom. The summed E-state index contributed by atoms with van der Waals surface area (Å²) in [7, 11) is 2.28. The molecule has 2 atom stereocenters. The summed E-state index contributed by atoms with van der Waals surface area (Å²) in [6, 6.07) is 7.80. The number of hydrogen-bond donors (Lipinski definition) is 1. The quantitative estimate of drug-likeness (QED) is 0.887. The fraction of sp³-hybridized carbons (Fsp3) is 0.647. The molecule has 1 aromatic carbocycles. The fourth-order valence-electron chi connectivity index (χ4n) is 3.60. The van der Waals surface area contributed by atoms with E-state index in [9.17, 15) is 0 Å². The molecule has 2 heterocycles. The van der Waals surface area contributed by atoms with Gasteiger partial charge < -0.3 is 10.2 Å². The largest absolute Gasteiger partial charge is 0.384 e. The second kappa shape index (κ2) is 5.16. The van der Waals surface area contributed by atoms with Crippen LogP contribution in [0, 0.1) is 0 Å². The van der Waals surface area contributed by atoms with Gasteiger partial charge in [0.25, 0.3) is 0 Å². The van der Waals surface area contributed by atoms with Crippen LogP contribution in [0.1, 0.15) is 56.1 Å². The lowest BCUT2D eigenvalue weighted by Gasteiger charge is -2.23. The molecule has 104 valence electrons. The summed E-state index contributed by atoms with van der Waals surface area (Å²) in [5.41, 5.74) is 4.41. The summed E-state index contributed by atoms with van der Waals surface area (Å²) in [5.74, 6) is 1.33. The summed E-state index contributed by atoms with van der Waals surface area (Å²) in [5, 5.41) is 3.59. The van der Waals surface area contributed by atoms with Crippen molar-refractivity contribution in [2.45, 2.75) is 51.0 Å². The average Bonchev–Trinajstić information content (AvgIpc) is 2.97. The molecule has 1 aromatic rings. The van der Waals surface area contributed by atoms with Gasteiger partial charge in [0.15, 0.2) is 0 Å². The smallest absolute Gasteiger partial charge is 0.0376 e. The maximum absolute atomic E-state index is 3.59. The Balaban J connectivity index is 1.78. The second-order valence-electron chi connectivity index (χ2n) is 6.59. The third kappa shape index (κ3) is 2.51. The van der Waals surface area contributed by atoms with Crippen molar-refractivity contribution in [3.05, 3.63) is 29.3 Å². The number of fused-ring (bicyclic) bond motifs is 1. The van der Waals surface area contributed by atoms with Crippen molar-refractivity contribution in [1.82, 2.24) is 4.90 Å². The molecule has 2 aliphatic rings. The molecule has 0 aliphatic carbocycles.